The first kappa shape index (κ1) is 17.2. The van der Waals surface area contributed by atoms with Crippen LogP contribution in [0.5, 0.6) is 0 Å². The summed E-state index contributed by atoms with van der Waals surface area (Å²) in [6, 6.07) is 15.4. The van der Waals surface area contributed by atoms with E-state index in [0.29, 0.717) is 6.04 Å². The lowest BCUT2D eigenvalue weighted by Crippen LogP contribution is -2.18. The Labute approximate surface area is 127 Å². The monoisotopic (exact) mass is 288 g/mol. The molecule has 0 bridgehead atoms. The maximum atomic E-state index is 10.6. The molecule has 0 saturated carbocycles. The molecule has 1 N–H and O–H groups in total. The van der Waals surface area contributed by atoms with Gasteiger partial charge in [-0.3, -0.25) is 0 Å². The average Bonchev–Trinajstić information content (AvgIpc) is 2.95. The molecule has 1 aromatic carbocycles. The van der Waals surface area contributed by atoms with Crippen LogP contribution >= 0.6 is 0 Å². The van der Waals surface area contributed by atoms with Crippen LogP contribution in [0.4, 0.5) is 4.39 Å². The quantitative estimate of drug-likeness (QED) is 0.791. The lowest BCUT2D eigenvalue weighted by atomic mass is 10.0. The maximum Gasteiger partial charge on any atom is 0.107 e. The van der Waals surface area contributed by atoms with Crippen molar-refractivity contribution in [2.24, 2.45) is 0 Å². The van der Waals surface area contributed by atoms with Gasteiger partial charge in [-0.2, -0.15) is 0 Å². The second kappa shape index (κ2) is 9.94. The van der Waals surface area contributed by atoms with Gasteiger partial charge in [0, 0.05) is 11.9 Å². The lowest BCUT2D eigenvalue weighted by molar-refractivity contribution is 0.519. The molecule has 2 nitrogen and oxygen atoms in total. The number of nitrogens with one attached hydrogen (secondary N) is 1. The number of rotatable bonds is 6. The van der Waals surface area contributed by atoms with Gasteiger partial charge in [-0.25, -0.2) is 4.39 Å². The number of allylic oxidation sites excluding steroid dienone is 1. The Balaban J connectivity index is 0.000000491. The highest BCUT2D eigenvalue weighted by molar-refractivity contribution is 5.22. The summed E-state index contributed by atoms with van der Waals surface area (Å²) in [6.07, 6.45) is 4.48. The molecular formula is C18H25FN2. The smallest absolute Gasteiger partial charge is 0.107 e. The van der Waals surface area contributed by atoms with Gasteiger partial charge in [0.05, 0.1) is 6.04 Å². The van der Waals surface area contributed by atoms with Crippen LogP contribution in [0, 0.1) is 6.92 Å². The first-order valence-corrected chi connectivity index (χ1v) is 7.24. The Morgan fingerprint density at radius 2 is 1.90 bits per heavy atom. The topological polar surface area (TPSA) is 17.0 Å². The number of alkyl halides is 1. The molecule has 0 fully saturated rings. The highest BCUT2D eigenvalue weighted by Crippen LogP contribution is 2.23. The number of hydrogen-bond acceptors (Lipinski definition) is 1. The predicted molar refractivity (Wildman–Crippen MR) is 88.5 cm³/mol. The van der Waals surface area contributed by atoms with E-state index in [1.54, 1.807) is 0 Å². The van der Waals surface area contributed by atoms with Crippen LogP contribution in [-0.2, 0) is 0 Å². The zero-order valence-corrected chi connectivity index (χ0v) is 12.9. The molecule has 0 radical (unpaired) electrons. The van der Waals surface area contributed by atoms with E-state index in [2.05, 4.69) is 72.0 Å². The van der Waals surface area contributed by atoms with Crippen molar-refractivity contribution in [2.75, 3.05) is 20.3 Å². The van der Waals surface area contributed by atoms with E-state index in [4.69, 9.17) is 0 Å². The van der Waals surface area contributed by atoms with Crippen LogP contribution in [0.2, 0.25) is 0 Å². The molecule has 1 atom stereocenters. The SMILES string of the molecule is C=CCF.CNCCC(c1ccccc1)n1cccc1C. The highest BCUT2D eigenvalue weighted by Gasteiger charge is 2.13. The number of hydrogen-bond donors (Lipinski definition) is 1. The summed E-state index contributed by atoms with van der Waals surface area (Å²) in [5.41, 5.74) is 2.69. The van der Waals surface area contributed by atoms with Crippen molar-refractivity contribution in [1.82, 2.24) is 9.88 Å². The van der Waals surface area contributed by atoms with Crippen LogP contribution in [0.1, 0.15) is 23.7 Å². The molecular weight excluding hydrogens is 263 g/mol. The third-order valence-electron chi connectivity index (χ3n) is 3.29. The van der Waals surface area contributed by atoms with E-state index in [1.807, 2.05) is 7.05 Å². The Hall–Kier alpha value is -1.87. The Morgan fingerprint density at radius 3 is 2.38 bits per heavy atom. The summed E-state index contributed by atoms with van der Waals surface area (Å²) in [5.74, 6) is 0. The molecule has 1 unspecified atom stereocenters. The zero-order chi connectivity index (χ0) is 15.5. The summed E-state index contributed by atoms with van der Waals surface area (Å²) < 4.78 is 13.0. The van der Waals surface area contributed by atoms with E-state index in [9.17, 15) is 4.39 Å². The van der Waals surface area contributed by atoms with Gasteiger partial charge in [0.25, 0.3) is 0 Å². The zero-order valence-electron chi connectivity index (χ0n) is 12.9. The van der Waals surface area contributed by atoms with E-state index < -0.39 is 6.67 Å². The normalized spacial score (nSPS) is 11.4. The third-order valence-corrected chi connectivity index (χ3v) is 3.29. The van der Waals surface area contributed by atoms with Gasteiger partial charge in [0.1, 0.15) is 6.67 Å². The first-order chi connectivity index (χ1) is 10.2. The summed E-state index contributed by atoms with van der Waals surface area (Å²) in [5, 5.41) is 3.24. The van der Waals surface area contributed by atoms with Crippen LogP contribution < -0.4 is 5.32 Å². The molecule has 3 heteroatoms. The number of benzene rings is 1. The van der Waals surface area contributed by atoms with E-state index >= 15 is 0 Å². The minimum atomic E-state index is -0.417. The molecule has 2 rings (SSSR count). The molecule has 0 saturated heterocycles. The molecule has 0 aliphatic rings. The van der Waals surface area contributed by atoms with Gasteiger partial charge in [-0.05, 0) is 44.6 Å². The van der Waals surface area contributed by atoms with Gasteiger partial charge < -0.3 is 9.88 Å². The van der Waals surface area contributed by atoms with E-state index in [-0.39, 0.29) is 0 Å². The summed E-state index contributed by atoms with van der Waals surface area (Å²) in [6.45, 7) is 5.87. The molecule has 1 aromatic heterocycles. The van der Waals surface area contributed by atoms with Gasteiger partial charge in [-0.1, -0.05) is 36.4 Å². The molecule has 114 valence electrons. The highest BCUT2D eigenvalue weighted by atomic mass is 19.1. The Bertz CT molecular complexity index is 505. The minimum absolute atomic E-state index is 0.417. The van der Waals surface area contributed by atoms with Gasteiger partial charge in [0.15, 0.2) is 0 Å². The molecule has 0 aliphatic carbocycles. The number of aromatic nitrogens is 1. The average molecular weight is 288 g/mol. The predicted octanol–water partition coefficient (Wildman–Crippen LogP) is 4.14. The standard InChI is InChI=1S/C15H20N2.C3H5F/c1-13-7-6-12-17(13)15(10-11-16-2)14-8-4-3-5-9-14;1-2-3-4/h3-9,12,15-16H,10-11H2,1-2H3;2H,1,3H2. The summed E-state index contributed by atoms with van der Waals surface area (Å²) in [4.78, 5) is 0. The van der Waals surface area contributed by atoms with Crippen LogP contribution in [0.25, 0.3) is 0 Å². The van der Waals surface area contributed by atoms with Crippen molar-refractivity contribution in [2.45, 2.75) is 19.4 Å². The third kappa shape index (κ3) is 5.56. The van der Waals surface area contributed by atoms with Crippen LogP contribution in [0.15, 0.2) is 61.3 Å². The fraction of sp³-hybridized carbons (Fsp3) is 0.333. The summed E-state index contributed by atoms with van der Waals surface area (Å²) in [7, 11) is 2.00. The molecule has 0 aliphatic heterocycles. The van der Waals surface area contributed by atoms with E-state index in [1.165, 1.54) is 17.3 Å². The maximum absolute atomic E-state index is 10.6. The number of aryl methyl sites for hydroxylation is 1. The fourth-order valence-electron chi connectivity index (χ4n) is 2.25. The number of nitrogens with zero attached hydrogens (tertiary/aromatic N) is 1. The van der Waals surface area contributed by atoms with Crippen molar-refractivity contribution in [1.29, 1.82) is 0 Å². The Morgan fingerprint density at radius 1 is 1.24 bits per heavy atom. The summed E-state index contributed by atoms with van der Waals surface area (Å²) >= 11 is 0. The Kier molecular flexibility index (Phi) is 8.14. The van der Waals surface area contributed by atoms with Gasteiger partial charge >= 0.3 is 0 Å². The van der Waals surface area contributed by atoms with E-state index in [0.717, 1.165) is 13.0 Å². The van der Waals surface area contributed by atoms with Crippen molar-refractivity contribution in [3.8, 4) is 0 Å². The molecule has 0 spiro atoms. The molecule has 21 heavy (non-hydrogen) atoms. The lowest BCUT2D eigenvalue weighted by Gasteiger charge is -2.21. The van der Waals surface area contributed by atoms with Gasteiger partial charge in [-0.15, -0.1) is 6.58 Å². The molecule has 2 aromatic rings. The largest absolute Gasteiger partial charge is 0.344 e. The minimum Gasteiger partial charge on any atom is -0.344 e. The van der Waals surface area contributed by atoms with Crippen LogP contribution in [0.3, 0.4) is 0 Å². The molecule has 1 heterocycles. The van der Waals surface area contributed by atoms with Crippen molar-refractivity contribution < 1.29 is 4.39 Å². The number of halogens is 1. The van der Waals surface area contributed by atoms with Crippen LogP contribution in [-0.4, -0.2) is 24.8 Å². The van der Waals surface area contributed by atoms with Crippen molar-refractivity contribution in [3.63, 3.8) is 0 Å². The van der Waals surface area contributed by atoms with Gasteiger partial charge in [0.2, 0.25) is 0 Å². The van der Waals surface area contributed by atoms with Crippen molar-refractivity contribution >= 4 is 0 Å². The van der Waals surface area contributed by atoms with Crippen molar-refractivity contribution in [3.05, 3.63) is 72.6 Å². The fourth-order valence-corrected chi connectivity index (χ4v) is 2.25. The second-order valence-electron chi connectivity index (χ2n) is 4.82. The molecule has 0 amide bonds. The first-order valence-electron chi connectivity index (χ1n) is 7.24. The second-order valence-corrected chi connectivity index (χ2v) is 4.82.